The Hall–Kier alpha value is -2.98. The molecular weight excluding hydrogens is 603 g/mol. The standard InChI is InChI=1S/C20H32N3O4P.2C2HF3O2/c1-3-4-5-6-7-8-9-16-10-12-17(13-11-16)18-14-22-19(23-18)20(2,21)15-27-28(24,25)26;2*3-2(4,5)1(6)7/h10-14H,3-9,15,21H2,1-2H3,(H,22,23)(H2,24,25,26);2*(H,6,7)/t20-;;/m0../s1. The topological polar surface area (TPSA) is 196 Å². The first-order valence-corrected chi connectivity index (χ1v) is 13.9. The van der Waals surface area contributed by atoms with Crippen LogP contribution in [0.3, 0.4) is 0 Å². The predicted octanol–water partition coefficient (Wildman–Crippen LogP) is 5.53. The molecule has 0 aliphatic heterocycles. The Morgan fingerprint density at radius 3 is 1.81 bits per heavy atom. The molecule has 7 N–H and O–H groups in total. The van der Waals surface area contributed by atoms with Gasteiger partial charge in [-0.15, -0.1) is 0 Å². The van der Waals surface area contributed by atoms with Crippen LogP contribution in [-0.4, -0.2) is 60.9 Å². The lowest BCUT2D eigenvalue weighted by Gasteiger charge is -2.22. The molecule has 1 aromatic carbocycles. The van der Waals surface area contributed by atoms with Crippen molar-refractivity contribution in [1.82, 2.24) is 9.97 Å². The van der Waals surface area contributed by atoms with Gasteiger partial charge in [-0.3, -0.25) is 4.52 Å². The number of nitrogens with one attached hydrogen (secondary N) is 1. The van der Waals surface area contributed by atoms with Crippen molar-refractivity contribution in [3.63, 3.8) is 0 Å². The number of phosphoric ester groups is 1. The third kappa shape index (κ3) is 17.1. The van der Waals surface area contributed by atoms with Crippen LogP contribution in [0, 0.1) is 0 Å². The minimum absolute atomic E-state index is 0.346. The van der Waals surface area contributed by atoms with E-state index in [1.807, 2.05) is 12.1 Å². The highest BCUT2D eigenvalue weighted by atomic mass is 31.2. The Labute approximate surface area is 237 Å². The molecule has 11 nitrogen and oxygen atoms in total. The molecule has 0 fully saturated rings. The average molecular weight is 638 g/mol. The van der Waals surface area contributed by atoms with Gasteiger partial charge in [-0.05, 0) is 30.9 Å². The second-order valence-electron chi connectivity index (χ2n) is 9.15. The number of rotatable bonds is 12. The third-order valence-electron chi connectivity index (χ3n) is 5.22. The fraction of sp³-hybridized carbons (Fsp3) is 0.542. The van der Waals surface area contributed by atoms with Gasteiger partial charge in [0.15, 0.2) is 0 Å². The first kappa shape index (κ1) is 39.0. The number of benzene rings is 1. The third-order valence-corrected chi connectivity index (χ3v) is 5.68. The molecule has 18 heteroatoms. The minimum Gasteiger partial charge on any atom is -0.475 e. The molecular formula is C24H34F6N3O8P. The van der Waals surface area contributed by atoms with Gasteiger partial charge in [0.1, 0.15) is 5.82 Å². The molecule has 0 aliphatic rings. The summed E-state index contributed by atoms with van der Waals surface area (Å²) in [6, 6.07) is 8.34. The van der Waals surface area contributed by atoms with Gasteiger partial charge in [0.05, 0.1) is 24.0 Å². The predicted molar refractivity (Wildman–Crippen MR) is 138 cm³/mol. The second-order valence-corrected chi connectivity index (χ2v) is 10.4. The molecule has 0 aliphatic carbocycles. The monoisotopic (exact) mass is 637 g/mol. The number of aromatic amines is 1. The van der Waals surface area contributed by atoms with Crippen molar-refractivity contribution in [2.24, 2.45) is 5.73 Å². The van der Waals surface area contributed by atoms with Gasteiger partial charge in [0, 0.05) is 0 Å². The highest BCUT2D eigenvalue weighted by molar-refractivity contribution is 7.46. The Balaban J connectivity index is 0.000000990. The largest absolute Gasteiger partial charge is 0.490 e. The number of carbonyl (C=O) groups is 2. The van der Waals surface area contributed by atoms with Crippen LogP contribution in [-0.2, 0) is 30.6 Å². The van der Waals surface area contributed by atoms with Gasteiger partial charge in [-0.1, -0.05) is 63.3 Å². The van der Waals surface area contributed by atoms with Gasteiger partial charge in [-0.2, -0.15) is 26.3 Å². The summed E-state index contributed by atoms with van der Waals surface area (Å²) in [6.45, 7) is 3.49. The van der Waals surface area contributed by atoms with Crippen molar-refractivity contribution in [3.05, 3.63) is 41.9 Å². The first-order chi connectivity index (χ1) is 19.1. The van der Waals surface area contributed by atoms with Crippen LogP contribution in [0.5, 0.6) is 0 Å². The Kier molecular flexibility index (Phi) is 16.0. The Bertz CT molecular complexity index is 1120. The zero-order valence-corrected chi connectivity index (χ0v) is 23.6. The molecule has 2 rings (SSSR count). The van der Waals surface area contributed by atoms with Crippen LogP contribution in [0.25, 0.3) is 11.3 Å². The number of aryl methyl sites for hydroxylation is 1. The fourth-order valence-corrected chi connectivity index (χ4v) is 3.44. The summed E-state index contributed by atoms with van der Waals surface area (Å²) in [7, 11) is -4.58. The van der Waals surface area contributed by atoms with Crippen molar-refractivity contribution >= 4 is 19.8 Å². The molecule has 0 amide bonds. The van der Waals surface area contributed by atoms with E-state index in [4.69, 9.17) is 35.3 Å². The molecule has 42 heavy (non-hydrogen) atoms. The summed E-state index contributed by atoms with van der Waals surface area (Å²) in [5.74, 6) is -5.10. The molecule has 1 heterocycles. The average Bonchev–Trinajstić information content (AvgIpc) is 3.36. The van der Waals surface area contributed by atoms with Crippen molar-refractivity contribution < 1.29 is 65.0 Å². The Morgan fingerprint density at radius 1 is 0.929 bits per heavy atom. The summed E-state index contributed by atoms with van der Waals surface area (Å²) < 4.78 is 78.9. The summed E-state index contributed by atoms with van der Waals surface area (Å²) in [6.07, 6.45) is 0.315. The number of nitrogens with zero attached hydrogens (tertiary/aromatic N) is 1. The van der Waals surface area contributed by atoms with Crippen LogP contribution < -0.4 is 5.73 Å². The van der Waals surface area contributed by atoms with E-state index in [9.17, 15) is 30.9 Å². The van der Waals surface area contributed by atoms with Crippen molar-refractivity contribution in [2.75, 3.05) is 6.61 Å². The molecule has 2 aromatic rings. The summed E-state index contributed by atoms with van der Waals surface area (Å²) in [4.78, 5) is 42.9. The van der Waals surface area contributed by atoms with Crippen LogP contribution in [0.1, 0.15) is 63.8 Å². The number of halogens is 6. The Morgan fingerprint density at radius 2 is 1.38 bits per heavy atom. The van der Waals surface area contributed by atoms with Gasteiger partial charge in [0.2, 0.25) is 0 Å². The van der Waals surface area contributed by atoms with Crippen molar-refractivity contribution in [1.29, 1.82) is 0 Å². The van der Waals surface area contributed by atoms with E-state index in [1.165, 1.54) is 44.1 Å². The van der Waals surface area contributed by atoms with Crippen LogP contribution >= 0.6 is 7.82 Å². The van der Waals surface area contributed by atoms with E-state index in [-0.39, 0.29) is 6.61 Å². The molecule has 0 bridgehead atoms. The minimum atomic E-state index is -5.08. The maximum Gasteiger partial charge on any atom is 0.490 e. The number of hydrogen-bond acceptors (Lipinski definition) is 6. The highest BCUT2D eigenvalue weighted by Crippen LogP contribution is 2.37. The van der Waals surface area contributed by atoms with Gasteiger partial charge < -0.3 is 30.7 Å². The lowest BCUT2D eigenvalue weighted by molar-refractivity contribution is -0.193. The maximum atomic E-state index is 10.9. The number of phosphoric acid groups is 1. The van der Waals surface area contributed by atoms with Crippen LogP contribution in [0.4, 0.5) is 26.3 Å². The molecule has 1 aromatic heterocycles. The van der Waals surface area contributed by atoms with E-state index >= 15 is 0 Å². The number of hydrogen-bond donors (Lipinski definition) is 6. The maximum absolute atomic E-state index is 10.9. The van der Waals surface area contributed by atoms with E-state index in [0.717, 1.165) is 17.7 Å². The van der Waals surface area contributed by atoms with Crippen molar-refractivity contribution in [3.8, 4) is 11.3 Å². The summed E-state index contributed by atoms with van der Waals surface area (Å²) in [5.41, 5.74) is 8.06. The molecule has 0 saturated heterocycles. The van der Waals surface area contributed by atoms with Gasteiger partial charge >= 0.3 is 32.1 Å². The number of imidazole rings is 1. The smallest absolute Gasteiger partial charge is 0.475 e. The number of carboxylic acid groups (broad SMARTS) is 2. The number of aliphatic carboxylic acids is 2. The quantitative estimate of drug-likeness (QED) is 0.0978. The van der Waals surface area contributed by atoms with E-state index in [1.54, 1.807) is 13.1 Å². The van der Waals surface area contributed by atoms with Crippen LogP contribution in [0.2, 0.25) is 0 Å². The second kappa shape index (κ2) is 17.2. The van der Waals surface area contributed by atoms with Gasteiger partial charge in [-0.25, -0.2) is 19.1 Å². The first-order valence-electron chi connectivity index (χ1n) is 12.3. The number of H-pyrrole nitrogens is 1. The normalized spacial score (nSPS) is 13.2. The SMILES string of the molecule is CCCCCCCCc1ccc(-c2cnc([C@@](C)(N)COP(=O)(O)O)[nH]2)cc1.O=C(O)C(F)(F)F.O=C(O)C(F)(F)F. The number of carboxylic acids is 2. The highest BCUT2D eigenvalue weighted by Gasteiger charge is 2.39. The molecule has 0 saturated carbocycles. The lowest BCUT2D eigenvalue weighted by atomic mass is 10.0. The fourth-order valence-electron chi connectivity index (χ4n) is 3.01. The lowest BCUT2D eigenvalue weighted by Crippen LogP contribution is -2.39. The molecule has 0 radical (unpaired) electrons. The summed E-state index contributed by atoms with van der Waals surface area (Å²) in [5, 5.41) is 14.2. The van der Waals surface area contributed by atoms with E-state index in [2.05, 4.69) is 33.5 Å². The molecule has 1 atom stereocenters. The molecule has 0 unspecified atom stereocenters. The molecule has 240 valence electrons. The number of nitrogens with two attached hydrogens (primary N) is 1. The van der Waals surface area contributed by atoms with E-state index in [0.29, 0.717) is 5.82 Å². The van der Waals surface area contributed by atoms with E-state index < -0.39 is 37.7 Å². The van der Waals surface area contributed by atoms with Gasteiger partial charge in [0.25, 0.3) is 0 Å². The van der Waals surface area contributed by atoms with Crippen LogP contribution in [0.15, 0.2) is 30.5 Å². The number of aromatic nitrogens is 2. The number of alkyl halides is 6. The number of unbranched alkanes of at least 4 members (excludes halogenated alkanes) is 5. The zero-order valence-electron chi connectivity index (χ0n) is 22.7. The zero-order chi connectivity index (χ0) is 32.8. The summed E-state index contributed by atoms with van der Waals surface area (Å²) >= 11 is 0. The molecule has 0 spiro atoms. The van der Waals surface area contributed by atoms with Crippen molar-refractivity contribution in [2.45, 2.75) is 76.7 Å².